The Kier molecular flexibility index (Phi) is 23.5. The first-order valence-corrected chi connectivity index (χ1v) is 4.72. The first-order chi connectivity index (χ1) is 7.56. The number of carboxylic acid groups (broad SMARTS) is 2. The minimum Gasteiger partial charge on any atom is -0.547 e. The van der Waals surface area contributed by atoms with E-state index in [9.17, 15) is 19.8 Å². The van der Waals surface area contributed by atoms with E-state index in [1.165, 1.54) is 0 Å². The average Bonchev–Trinajstić information content (AvgIpc) is 2.19. The van der Waals surface area contributed by atoms with Crippen molar-refractivity contribution < 1.29 is 52.2 Å². The zero-order chi connectivity index (χ0) is 14.6. The van der Waals surface area contributed by atoms with Crippen LogP contribution in [0.5, 0.6) is 0 Å². The topological polar surface area (TPSA) is 167 Å². The van der Waals surface area contributed by atoms with Crippen LogP contribution in [0.2, 0.25) is 0 Å². The van der Waals surface area contributed by atoms with Crippen molar-refractivity contribution in [3.63, 3.8) is 0 Å². The molecule has 0 rings (SSSR count). The fourth-order valence-electron chi connectivity index (χ4n) is 0. The molecule has 0 fully saturated rings. The first kappa shape index (κ1) is 26.0. The van der Waals surface area contributed by atoms with Crippen molar-refractivity contribution in [3.05, 3.63) is 0 Å². The quantitative estimate of drug-likeness (QED) is 0.378. The number of nitrogens with two attached hydrogens (primary N) is 1. The van der Waals surface area contributed by atoms with Crippen molar-refractivity contribution >= 4 is 11.9 Å². The number of carbonyl (C=O) groups is 2. The molecule has 0 saturated carbocycles. The van der Waals surface area contributed by atoms with Crippen molar-refractivity contribution in [2.75, 3.05) is 6.54 Å². The predicted molar refractivity (Wildman–Crippen MR) is 54.1 cm³/mol. The van der Waals surface area contributed by atoms with Gasteiger partial charge in [-0.15, -0.1) is 0 Å². The molecule has 0 aromatic heterocycles. The van der Waals surface area contributed by atoms with Crippen LogP contribution in [0.25, 0.3) is 0 Å². The van der Waals surface area contributed by atoms with Crippen LogP contribution in [0, 0.1) is 0 Å². The molecule has 3 unspecified atom stereocenters. The molecule has 0 saturated heterocycles. The Morgan fingerprint density at radius 3 is 1.11 bits per heavy atom. The second-order valence-electron chi connectivity index (χ2n) is 3.07. The summed E-state index contributed by atoms with van der Waals surface area (Å²) in [4.78, 5) is 18.7. The molecule has 3 atom stereocenters. The van der Waals surface area contributed by atoms with E-state index >= 15 is 0 Å². The molecule has 0 aliphatic heterocycles. The summed E-state index contributed by atoms with van der Waals surface area (Å²) in [5.74, 6) is -2.87. The summed E-state index contributed by atoms with van der Waals surface area (Å²) in [6.45, 7) is 4.28. The van der Waals surface area contributed by atoms with Gasteiger partial charge in [-0.25, -0.2) is 0 Å². The van der Waals surface area contributed by atoms with Crippen LogP contribution in [-0.2, 0) is 26.7 Å². The van der Waals surface area contributed by atoms with E-state index in [1.807, 2.05) is 0 Å². The Balaban J connectivity index is -0.0000000799. The summed E-state index contributed by atoms with van der Waals surface area (Å²) in [5.41, 5.74) is 4.92. The number of aliphatic carboxylic acids is 2. The maximum Gasteiger partial charge on any atom is 2.00 e. The minimum absolute atomic E-state index is 0. The minimum atomic E-state index is -1.44. The zero-order valence-electron chi connectivity index (χ0n) is 10.3. The van der Waals surface area contributed by atoms with E-state index in [0.29, 0.717) is 6.54 Å². The summed E-state index contributed by atoms with van der Waals surface area (Å²) in [5, 5.41) is 42.8. The number of carbonyl (C=O) groups excluding carboxylic acids is 2. The van der Waals surface area contributed by atoms with Gasteiger partial charge in [0.15, 0.2) is 0 Å². The summed E-state index contributed by atoms with van der Waals surface area (Å²) >= 11 is 0. The molecule has 18 heavy (non-hydrogen) atoms. The largest absolute Gasteiger partial charge is 2.00 e. The maximum atomic E-state index is 9.34. The Morgan fingerprint density at radius 1 is 1.00 bits per heavy atom. The van der Waals surface area contributed by atoms with Gasteiger partial charge in [-0.3, -0.25) is 0 Å². The van der Waals surface area contributed by atoms with Gasteiger partial charge in [0.25, 0.3) is 0 Å². The van der Waals surface area contributed by atoms with Crippen molar-refractivity contribution in [2.45, 2.75) is 39.1 Å². The molecule has 0 aromatic carbocycles. The van der Waals surface area contributed by atoms with Gasteiger partial charge in [-0.1, -0.05) is 0 Å². The van der Waals surface area contributed by atoms with E-state index in [1.54, 1.807) is 6.92 Å². The molecular weight excluding hydrogens is 298 g/mol. The predicted octanol–water partition coefficient (Wildman–Crippen LogP) is -4.44. The van der Waals surface area contributed by atoms with E-state index < -0.39 is 24.1 Å². The normalized spacial score (nSPS) is 13.3. The first-order valence-electron chi connectivity index (χ1n) is 4.72. The average molecular weight is 317 g/mol. The van der Waals surface area contributed by atoms with E-state index in [4.69, 9.17) is 21.1 Å². The van der Waals surface area contributed by atoms with Crippen molar-refractivity contribution in [1.29, 1.82) is 0 Å². The maximum absolute atomic E-state index is 9.34. The molecule has 113 valence electrons. The molecule has 0 amide bonds. The molecule has 0 spiro atoms. The van der Waals surface area contributed by atoms with Crippen molar-refractivity contribution in [1.82, 2.24) is 0 Å². The standard InChI is InChI=1S/C3H9NO.2C3H6O3.Cu/c1-3(5)2-4;2*1-2(4)3(5)6;/h3,5H,2,4H2,1H3;2*2,4H,1H3,(H,5,6);/q;;;+2/p-2. The third-order valence-electron chi connectivity index (χ3n) is 1.02. The van der Waals surface area contributed by atoms with Crippen LogP contribution in [0.3, 0.4) is 0 Å². The third kappa shape index (κ3) is 36.2. The van der Waals surface area contributed by atoms with E-state index in [2.05, 4.69) is 0 Å². The number of rotatable bonds is 3. The molecule has 0 aliphatic rings. The number of hydrogen-bond acceptors (Lipinski definition) is 8. The number of carboxylic acids is 2. The molecule has 0 aliphatic carbocycles. The third-order valence-corrected chi connectivity index (χ3v) is 1.02. The van der Waals surface area contributed by atoms with Gasteiger partial charge in [-0.2, -0.15) is 0 Å². The summed E-state index contributed by atoms with van der Waals surface area (Å²) in [6, 6.07) is 0. The van der Waals surface area contributed by atoms with Gasteiger partial charge in [-0.05, 0) is 20.8 Å². The fraction of sp³-hybridized carbons (Fsp3) is 0.778. The molecule has 5 N–H and O–H groups in total. The van der Waals surface area contributed by atoms with Crippen LogP contribution >= 0.6 is 0 Å². The van der Waals surface area contributed by atoms with Crippen molar-refractivity contribution in [3.8, 4) is 0 Å². The summed E-state index contributed by atoms with van der Waals surface area (Å²) < 4.78 is 0. The molecule has 9 heteroatoms. The fourth-order valence-corrected chi connectivity index (χ4v) is 0. The van der Waals surface area contributed by atoms with E-state index in [-0.39, 0.29) is 23.2 Å². The van der Waals surface area contributed by atoms with Gasteiger partial charge in [0.05, 0.1) is 30.3 Å². The van der Waals surface area contributed by atoms with Crippen LogP contribution in [0.15, 0.2) is 0 Å². The Hall–Kier alpha value is -0.701. The zero-order valence-corrected chi connectivity index (χ0v) is 11.2. The second kappa shape index (κ2) is 16.3. The number of aliphatic hydroxyl groups is 3. The van der Waals surface area contributed by atoms with Gasteiger partial charge >= 0.3 is 17.1 Å². The molecule has 0 bridgehead atoms. The van der Waals surface area contributed by atoms with Crippen LogP contribution < -0.4 is 15.9 Å². The molecule has 8 nitrogen and oxygen atoms in total. The van der Waals surface area contributed by atoms with Gasteiger partial charge < -0.3 is 40.9 Å². The smallest absolute Gasteiger partial charge is 0.547 e. The Bertz CT molecular complexity index is 191. The summed E-state index contributed by atoms with van der Waals surface area (Å²) in [6.07, 6.45) is -3.02. The van der Waals surface area contributed by atoms with E-state index in [0.717, 1.165) is 13.8 Å². The molecule has 1 radical (unpaired) electrons. The van der Waals surface area contributed by atoms with Gasteiger partial charge in [0, 0.05) is 6.54 Å². The van der Waals surface area contributed by atoms with Crippen LogP contribution in [0.1, 0.15) is 20.8 Å². The van der Waals surface area contributed by atoms with Crippen LogP contribution in [-0.4, -0.2) is 52.1 Å². The molecule has 0 heterocycles. The van der Waals surface area contributed by atoms with Gasteiger partial charge in [0.2, 0.25) is 0 Å². The number of hydrogen-bond donors (Lipinski definition) is 4. The van der Waals surface area contributed by atoms with Gasteiger partial charge in [0.1, 0.15) is 0 Å². The second-order valence-corrected chi connectivity index (χ2v) is 3.07. The molecular formula is C9H19CuNO7. The van der Waals surface area contributed by atoms with Crippen molar-refractivity contribution in [2.24, 2.45) is 5.73 Å². The monoisotopic (exact) mass is 316 g/mol. The van der Waals surface area contributed by atoms with Crippen LogP contribution in [0.4, 0.5) is 0 Å². The SMILES string of the molecule is CC(O)C(=O)[O-].CC(O)C(=O)[O-].CC(O)CN.[Cu+2]. The Labute approximate surface area is 116 Å². The number of aliphatic hydroxyl groups excluding tert-OH is 3. The Morgan fingerprint density at radius 2 is 1.11 bits per heavy atom. The summed E-state index contributed by atoms with van der Waals surface area (Å²) in [7, 11) is 0. The molecule has 0 aromatic rings.